The summed E-state index contributed by atoms with van der Waals surface area (Å²) in [5.41, 5.74) is 7.16. The molecular weight excluding hydrogens is 277 g/mol. The van der Waals surface area contributed by atoms with Gasteiger partial charge in [-0.2, -0.15) is 5.26 Å². The number of nitrogens with two attached hydrogens (primary N) is 1. The van der Waals surface area contributed by atoms with Gasteiger partial charge in [-0.05, 0) is 37.6 Å². The van der Waals surface area contributed by atoms with Crippen LogP contribution >= 0.6 is 11.3 Å². The smallest absolute Gasteiger partial charge is 0.258 e. The van der Waals surface area contributed by atoms with Gasteiger partial charge in [-0.1, -0.05) is 0 Å². The Bertz CT molecular complexity index is 731. The largest absolute Gasteiger partial charge is 0.398 e. The quantitative estimate of drug-likeness (QED) is 0.833. The van der Waals surface area contributed by atoms with Crippen molar-refractivity contribution in [1.29, 1.82) is 5.26 Å². The third kappa shape index (κ3) is 2.49. The molecule has 0 unspecified atom stereocenters. The van der Waals surface area contributed by atoms with E-state index in [1.165, 1.54) is 23.5 Å². The molecule has 1 aromatic carbocycles. The molecule has 0 aliphatic rings. The molecular formula is C14H12FN3OS. The van der Waals surface area contributed by atoms with E-state index in [9.17, 15) is 9.18 Å². The highest BCUT2D eigenvalue weighted by Crippen LogP contribution is 2.32. The van der Waals surface area contributed by atoms with Crippen molar-refractivity contribution in [3.8, 4) is 6.07 Å². The Morgan fingerprint density at radius 2 is 2.15 bits per heavy atom. The monoisotopic (exact) mass is 289 g/mol. The fourth-order valence-corrected chi connectivity index (χ4v) is 2.75. The zero-order valence-electron chi connectivity index (χ0n) is 11.0. The number of nitriles is 1. The second-order valence-electron chi connectivity index (χ2n) is 4.28. The summed E-state index contributed by atoms with van der Waals surface area (Å²) in [7, 11) is 0. The number of hydrogen-bond acceptors (Lipinski definition) is 4. The molecule has 0 saturated heterocycles. The summed E-state index contributed by atoms with van der Waals surface area (Å²) in [6, 6.07) is 5.65. The second kappa shape index (κ2) is 5.31. The van der Waals surface area contributed by atoms with E-state index >= 15 is 0 Å². The number of thiophene rings is 1. The summed E-state index contributed by atoms with van der Waals surface area (Å²) >= 11 is 1.31. The third-order valence-electron chi connectivity index (χ3n) is 2.98. The van der Waals surface area contributed by atoms with Crippen LogP contribution in [0.1, 0.15) is 26.4 Å². The highest BCUT2D eigenvalue weighted by Gasteiger charge is 2.17. The van der Waals surface area contributed by atoms with Gasteiger partial charge in [0.05, 0.1) is 11.1 Å². The van der Waals surface area contributed by atoms with Crippen molar-refractivity contribution in [3.63, 3.8) is 0 Å². The predicted molar refractivity (Wildman–Crippen MR) is 77.3 cm³/mol. The number of halogens is 1. The number of hydrogen-bond donors (Lipinski definition) is 2. The Labute approximate surface area is 119 Å². The number of nitrogen functional groups attached to an aromatic ring is 1. The van der Waals surface area contributed by atoms with Gasteiger partial charge in [0.2, 0.25) is 0 Å². The number of nitrogens with one attached hydrogen (secondary N) is 1. The molecule has 4 nitrogen and oxygen atoms in total. The summed E-state index contributed by atoms with van der Waals surface area (Å²) in [5.74, 6) is -1.07. The number of anilines is 2. The van der Waals surface area contributed by atoms with Crippen LogP contribution in [0.2, 0.25) is 0 Å². The van der Waals surface area contributed by atoms with Gasteiger partial charge in [0.1, 0.15) is 16.9 Å². The van der Waals surface area contributed by atoms with Crippen molar-refractivity contribution < 1.29 is 9.18 Å². The molecule has 1 amide bonds. The van der Waals surface area contributed by atoms with E-state index in [1.807, 2.05) is 13.8 Å². The topological polar surface area (TPSA) is 78.9 Å². The maximum atomic E-state index is 13.2. The zero-order valence-corrected chi connectivity index (χ0v) is 11.8. The Morgan fingerprint density at radius 3 is 2.80 bits per heavy atom. The molecule has 102 valence electrons. The van der Waals surface area contributed by atoms with Crippen LogP contribution in [-0.2, 0) is 0 Å². The molecule has 20 heavy (non-hydrogen) atoms. The Kier molecular flexibility index (Phi) is 3.72. The van der Waals surface area contributed by atoms with Gasteiger partial charge in [0, 0.05) is 10.6 Å². The molecule has 3 N–H and O–H groups in total. The van der Waals surface area contributed by atoms with Gasteiger partial charge < -0.3 is 11.1 Å². The number of nitrogens with zero attached hydrogens (tertiary/aromatic N) is 1. The van der Waals surface area contributed by atoms with Gasteiger partial charge in [0.15, 0.2) is 0 Å². The second-order valence-corrected chi connectivity index (χ2v) is 5.51. The Morgan fingerprint density at radius 1 is 1.45 bits per heavy atom. The van der Waals surface area contributed by atoms with Crippen LogP contribution < -0.4 is 11.1 Å². The van der Waals surface area contributed by atoms with Crippen molar-refractivity contribution >= 4 is 27.9 Å². The van der Waals surface area contributed by atoms with Crippen LogP contribution in [0.25, 0.3) is 0 Å². The predicted octanol–water partition coefficient (Wildman–Crippen LogP) is 3.21. The maximum absolute atomic E-state index is 13.2. The lowest BCUT2D eigenvalue weighted by molar-refractivity contribution is 0.102. The van der Waals surface area contributed by atoms with E-state index in [0.717, 1.165) is 16.5 Å². The number of carbonyl (C=O) groups is 1. The number of rotatable bonds is 2. The lowest BCUT2D eigenvalue weighted by Gasteiger charge is -2.06. The molecule has 2 rings (SSSR count). The normalized spacial score (nSPS) is 10.1. The van der Waals surface area contributed by atoms with E-state index in [4.69, 9.17) is 11.0 Å². The minimum Gasteiger partial charge on any atom is -0.398 e. The lowest BCUT2D eigenvalue weighted by Crippen LogP contribution is -2.14. The first kappa shape index (κ1) is 14.0. The van der Waals surface area contributed by atoms with Crippen molar-refractivity contribution in [2.75, 3.05) is 11.1 Å². The van der Waals surface area contributed by atoms with Gasteiger partial charge in [-0.15, -0.1) is 11.3 Å². The number of amides is 1. The number of benzene rings is 1. The molecule has 0 aliphatic heterocycles. The Balaban J connectivity index is 2.36. The van der Waals surface area contributed by atoms with Crippen LogP contribution in [0.5, 0.6) is 0 Å². The van der Waals surface area contributed by atoms with Crippen molar-refractivity contribution in [2.45, 2.75) is 13.8 Å². The van der Waals surface area contributed by atoms with Crippen molar-refractivity contribution in [2.24, 2.45) is 0 Å². The number of aryl methyl sites for hydroxylation is 1. The highest BCUT2D eigenvalue weighted by atomic mass is 32.1. The standard InChI is InChI=1S/C14H12FN3OS/c1-7-8(2)20-14(11(7)6-16)18-13(19)10-5-9(15)3-4-12(10)17/h3-5H,17H2,1-2H3,(H,18,19). The molecule has 1 heterocycles. The summed E-state index contributed by atoms with van der Waals surface area (Å²) in [6.07, 6.45) is 0. The van der Waals surface area contributed by atoms with Crippen molar-refractivity contribution in [1.82, 2.24) is 0 Å². The molecule has 2 aromatic rings. The minimum absolute atomic E-state index is 0.0533. The van der Waals surface area contributed by atoms with Crippen LogP contribution in [0.15, 0.2) is 18.2 Å². The molecule has 0 radical (unpaired) electrons. The van der Waals surface area contributed by atoms with E-state index < -0.39 is 11.7 Å². The fourth-order valence-electron chi connectivity index (χ4n) is 1.75. The maximum Gasteiger partial charge on any atom is 0.258 e. The summed E-state index contributed by atoms with van der Waals surface area (Å²) in [4.78, 5) is 13.1. The van der Waals surface area contributed by atoms with Gasteiger partial charge >= 0.3 is 0 Å². The van der Waals surface area contributed by atoms with Crippen LogP contribution in [0.3, 0.4) is 0 Å². The zero-order chi connectivity index (χ0) is 14.9. The minimum atomic E-state index is -0.539. The van der Waals surface area contributed by atoms with E-state index in [0.29, 0.717) is 10.6 Å². The fraction of sp³-hybridized carbons (Fsp3) is 0.143. The first-order valence-electron chi connectivity index (χ1n) is 5.80. The molecule has 0 aliphatic carbocycles. The third-order valence-corrected chi connectivity index (χ3v) is 4.11. The van der Waals surface area contributed by atoms with E-state index in [1.54, 1.807) is 0 Å². The molecule has 6 heteroatoms. The SMILES string of the molecule is Cc1sc(NC(=O)c2cc(F)ccc2N)c(C#N)c1C. The van der Waals surface area contributed by atoms with Gasteiger partial charge in [-0.25, -0.2) is 4.39 Å². The average molecular weight is 289 g/mol. The molecule has 1 aromatic heterocycles. The average Bonchev–Trinajstić information content (AvgIpc) is 2.67. The molecule has 0 saturated carbocycles. The lowest BCUT2D eigenvalue weighted by atomic mass is 10.1. The first-order valence-corrected chi connectivity index (χ1v) is 6.62. The molecule has 0 fully saturated rings. The van der Waals surface area contributed by atoms with Crippen LogP contribution in [-0.4, -0.2) is 5.91 Å². The van der Waals surface area contributed by atoms with E-state index in [2.05, 4.69) is 11.4 Å². The summed E-state index contributed by atoms with van der Waals surface area (Å²) in [6.45, 7) is 3.68. The first-order chi connectivity index (χ1) is 9.43. The van der Waals surface area contributed by atoms with Gasteiger partial charge in [0.25, 0.3) is 5.91 Å². The highest BCUT2D eigenvalue weighted by molar-refractivity contribution is 7.16. The molecule has 0 bridgehead atoms. The molecule has 0 spiro atoms. The van der Waals surface area contributed by atoms with Crippen molar-refractivity contribution in [3.05, 3.63) is 45.6 Å². The number of carbonyl (C=O) groups excluding carboxylic acids is 1. The van der Waals surface area contributed by atoms with E-state index in [-0.39, 0.29) is 11.3 Å². The summed E-state index contributed by atoms with van der Waals surface area (Å²) in [5, 5.41) is 12.2. The van der Waals surface area contributed by atoms with Gasteiger partial charge in [-0.3, -0.25) is 4.79 Å². The summed E-state index contributed by atoms with van der Waals surface area (Å²) < 4.78 is 13.2. The molecule has 0 atom stereocenters. The van der Waals surface area contributed by atoms with Crippen LogP contribution in [0.4, 0.5) is 15.1 Å². The Hall–Kier alpha value is -2.39. The van der Waals surface area contributed by atoms with Crippen LogP contribution in [0, 0.1) is 31.0 Å².